The fraction of sp³-hybridized carbons (Fsp3) is 0.211. The van der Waals surface area contributed by atoms with Crippen molar-refractivity contribution in [1.82, 2.24) is 19.5 Å². The van der Waals surface area contributed by atoms with Crippen LogP contribution in [0.2, 0.25) is 0 Å². The number of nitrogen functional groups attached to an aromatic ring is 1. The number of fused-ring (bicyclic) bond motifs is 1. The molecule has 7 rings (SSSR count). The van der Waals surface area contributed by atoms with Gasteiger partial charge in [0, 0.05) is 5.56 Å². The van der Waals surface area contributed by atoms with E-state index < -0.39 is 42.3 Å². The summed E-state index contributed by atoms with van der Waals surface area (Å²) in [6.45, 7) is -0.391. The van der Waals surface area contributed by atoms with Crippen molar-refractivity contribution in [3.8, 4) is 11.5 Å². The number of alkyl halides is 1. The molecule has 1 aliphatic heterocycles. The van der Waals surface area contributed by atoms with Gasteiger partial charge >= 0.3 is 0 Å². The van der Waals surface area contributed by atoms with E-state index in [1.54, 1.807) is 68.8 Å². The summed E-state index contributed by atoms with van der Waals surface area (Å²) in [5.74, 6) is -3.02. The Hall–Kier alpha value is -5.73. The molecule has 3 heterocycles. The third kappa shape index (κ3) is 5.95. The van der Waals surface area contributed by atoms with Gasteiger partial charge in [-0.15, -0.1) is 0 Å². The number of aliphatic hydroxyl groups is 2. The summed E-state index contributed by atoms with van der Waals surface area (Å²) in [6, 6.07) is 32.3. The predicted molar refractivity (Wildman–Crippen MR) is 184 cm³/mol. The van der Waals surface area contributed by atoms with E-state index in [9.17, 15) is 15.0 Å². The van der Waals surface area contributed by atoms with Crippen LogP contribution in [0.25, 0.3) is 11.2 Å². The number of imidazole rings is 1. The Morgan fingerprint density at radius 1 is 0.882 bits per heavy atom. The van der Waals surface area contributed by atoms with Gasteiger partial charge in [-0.05, 0) is 41.0 Å². The molecule has 1 fully saturated rings. The standard InChI is InChI=1S/C38H34FN5O7/c1-48-27-17-13-25(14-18-27)37(24-11-7-4-8-12-24,26-15-19-28(49-2)20-16-26)50-21-29-32(46)38(39,47)36(51-29)44-22-41-30-33(40)42-34(43-35(30)44)31(45)23-9-5-3-6-10-23/h3-20,22,29,32,36,46-47H,21H2,1-2H3,(H2,40,42,43)/t29-,32-,36?,38-/m1/s1. The number of anilines is 1. The fourth-order valence-electron chi connectivity index (χ4n) is 6.34. The number of methoxy groups -OCH3 is 2. The molecule has 4 aromatic carbocycles. The van der Waals surface area contributed by atoms with Gasteiger partial charge in [0.1, 0.15) is 34.8 Å². The number of carbonyl (C=O) groups is 1. The monoisotopic (exact) mass is 691 g/mol. The quantitative estimate of drug-likeness (QED) is 0.129. The number of nitrogens with zero attached hydrogens (tertiary/aromatic N) is 4. The third-order valence-electron chi connectivity index (χ3n) is 8.99. The summed E-state index contributed by atoms with van der Waals surface area (Å²) < 4.78 is 41.0. The first-order chi connectivity index (χ1) is 24.7. The number of benzene rings is 4. The molecule has 12 nitrogen and oxygen atoms in total. The van der Waals surface area contributed by atoms with E-state index in [4.69, 9.17) is 24.7 Å². The number of hydrogen-bond donors (Lipinski definition) is 3. The lowest BCUT2D eigenvalue weighted by Crippen LogP contribution is -2.44. The van der Waals surface area contributed by atoms with E-state index >= 15 is 4.39 Å². The zero-order valence-electron chi connectivity index (χ0n) is 27.6. The van der Waals surface area contributed by atoms with Gasteiger partial charge < -0.3 is 34.9 Å². The van der Waals surface area contributed by atoms with Gasteiger partial charge in [0.25, 0.3) is 5.85 Å². The summed E-state index contributed by atoms with van der Waals surface area (Å²) in [4.78, 5) is 25.8. The molecule has 0 aliphatic carbocycles. The SMILES string of the molecule is COc1ccc(C(OC[C@H]2OC(n3cnc4c(N)nc(C(=O)c5ccccc5)nc43)[C@@](O)(F)[C@@H]2O)(c2ccccc2)c2ccc(OC)cc2)cc1. The average molecular weight is 692 g/mol. The van der Waals surface area contributed by atoms with Crippen molar-refractivity contribution in [3.05, 3.63) is 144 Å². The zero-order valence-corrected chi connectivity index (χ0v) is 27.6. The second kappa shape index (κ2) is 13.5. The molecule has 260 valence electrons. The van der Waals surface area contributed by atoms with Crippen molar-refractivity contribution in [3.63, 3.8) is 0 Å². The molecule has 0 amide bonds. The number of carbonyl (C=O) groups excluding carboxylic acids is 1. The van der Waals surface area contributed by atoms with E-state index in [1.807, 2.05) is 54.6 Å². The minimum atomic E-state index is -3.35. The second-order valence-electron chi connectivity index (χ2n) is 12.0. The molecule has 0 bridgehead atoms. The van der Waals surface area contributed by atoms with Crippen LogP contribution in [0.5, 0.6) is 11.5 Å². The summed E-state index contributed by atoms with van der Waals surface area (Å²) in [5.41, 5.74) is 7.23. The molecule has 13 heteroatoms. The number of ketones is 1. The van der Waals surface area contributed by atoms with Crippen LogP contribution >= 0.6 is 0 Å². The van der Waals surface area contributed by atoms with Gasteiger partial charge in [0.2, 0.25) is 11.6 Å². The van der Waals surface area contributed by atoms with Gasteiger partial charge in [-0.3, -0.25) is 9.36 Å². The van der Waals surface area contributed by atoms with Crippen molar-refractivity contribution in [1.29, 1.82) is 0 Å². The normalized spacial score (nSPS) is 20.4. The highest BCUT2D eigenvalue weighted by Gasteiger charge is 2.58. The van der Waals surface area contributed by atoms with Crippen molar-refractivity contribution in [2.75, 3.05) is 26.6 Å². The highest BCUT2D eigenvalue weighted by molar-refractivity contribution is 6.07. The number of rotatable bonds is 11. The fourth-order valence-corrected chi connectivity index (χ4v) is 6.34. The molecular formula is C38H34FN5O7. The van der Waals surface area contributed by atoms with Gasteiger partial charge in [-0.25, -0.2) is 19.3 Å². The van der Waals surface area contributed by atoms with Gasteiger partial charge in [-0.2, -0.15) is 0 Å². The maximum atomic E-state index is 16.3. The Bertz CT molecular complexity index is 2100. The van der Waals surface area contributed by atoms with Gasteiger partial charge in [0.05, 0.1) is 27.2 Å². The van der Waals surface area contributed by atoms with Gasteiger partial charge in [0.15, 0.2) is 17.7 Å². The number of aliphatic hydroxyl groups excluding tert-OH is 1. The third-order valence-corrected chi connectivity index (χ3v) is 8.99. The van der Waals surface area contributed by atoms with Crippen LogP contribution in [0.3, 0.4) is 0 Å². The molecule has 0 saturated carbocycles. The first-order valence-corrected chi connectivity index (χ1v) is 16.0. The summed E-state index contributed by atoms with van der Waals surface area (Å²) in [6.07, 6.45) is -4.18. The topological polar surface area (TPSA) is 164 Å². The maximum Gasteiger partial charge on any atom is 0.281 e. The average Bonchev–Trinajstić information content (AvgIpc) is 3.69. The largest absolute Gasteiger partial charge is 0.497 e. The minimum Gasteiger partial charge on any atom is -0.497 e. The number of halogens is 1. The van der Waals surface area contributed by atoms with Crippen molar-refractivity contribution in [2.24, 2.45) is 0 Å². The van der Waals surface area contributed by atoms with Crippen LogP contribution in [0.15, 0.2) is 116 Å². The number of aromatic nitrogens is 4. The lowest BCUT2D eigenvalue weighted by molar-refractivity contribution is -0.195. The van der Waals surface area contributed by atoms with Crippen LogP contribution < -0.4 is 15.2 Å². The van der Waals surface area contributed by atoms with E-state index in [0.717, 1.165) is 16.5 Å². The Labute approximate surface area is 291 Å². The zero-order chi connectivity index (χ0) is 35.8. The van der Waals surface area contributed by atoms with Crippen LogP contribution in [0.1, 0.15) is 39.1 Å². The van der Waals surface area contributed by atoms with Crippen LogP contribution in [0.4, 0.5) is 10.2 Å². The van der Waals surface area contributed by atoms with E-state index in [0.29, 0.717) is 28.2 Å². The van der Waals surface area contributed by atoms with Crippen molar-refractivity contribution >= 4 is 22.8 Å². The highest BCUT2D eigenvalue weighted by atomic mass is 19.2. The molecule has 4 N–H and O–H groups in total. The Morgan fingerprint density at radius 3 is 2.00 bits per heavy atom. The summed E-state index contributed by atoms with van der Waals surface area (Å²) >= 11 is 0. The molecule has 1 aliphatic rings. The van der Waals surface area contributed by atoms with Gasteiger partial charge in [-0.1, -0.05) is 84.9 Å². The first-order valence-electron chi connectivity index (χ1n) is 16.0. The Kier molecular flexibility index (Phi) is 8.95. The summed E-state index contributed by atoms with van der Waals surface area (Å²) in [5, 5.41) is 22.4. The first kappa shape index (κ1) is 33.8. The number of hydrogen-bond acceptors (Lipinski definition) is 11. The number of nitrogens with two attached hydrogens (primary N) is 1. The Morgan fingerprint density at radius 2 is 1.43 bits per heavy atom. The maximum absolute atomic E-state index is 16.3. The predicted octanol–water partition coefficient (Wildman–Crippen LogP) is 4.58. The van der Waals surface area contributed by atoms with E-state index in [-0.39, 0.29) is 22.8 Å². The molecule has 1 saturated heterocycles. The molecule has 0 spiro atoms. The van der Waals surface area contributed by atoms with E-state index in [1.165, 1.54) is 0 Å². The molecular weight excluding hydrogens is 657 g/mol. The summed E-state index contributed by atoms with van der Waals surface area (Å²) in [7, 11) is 3.14. The lowest BCUT2D eigenvalue weighted by atomic mass is 9.80. The molecule has 2 aromatic heterocycles. The molecule has 0 radical (unpaired) electrons. The van der Waals surface area contributed by atoms with Crippen LogP contribution in [0, 0.1) is 0 Å². The van der Waals surface area contributed by atoms with Crippen LogP contribution in [-0.2, 0) is 15.1 Å². The smallest absolute Gasteiger partial charge is 0.281 e. The van der Waals surface area contributed by atoms with Crippen LogP contribution in [-0.4, -0.2) is 74.4 Å². The minimum absolute atomic E-state index is 0.0512. The van der Waals surface area contributed by atoms with E-state index in [2.05, 4.69) is 15.0 Å². The number of ether oxygens (including phenoxy) is 4. The second-order valence-corrected chi connectivity index (χ2v) is 12.0. The highest BCUT2D eigenvalue weighted by Crippen LogP contribution is 2.45. The van der Waals surface area contributed by atoms with Crippen molar-refractivity contribution in [2.45, 2.75) is 29.9 Å². The molecule has 1 unspecified atom stereocenters. The van der Waals surface area contributed by atoms with Crippen molar-refractivity contribution < 1.29 is 38.3 Å². The lowest BCUT2D eigenvalue weighted by Gasteiger charge is -2.37. The Balaban J connectivity index is 1.26. The molecule has 6 aromatic rings. The molecule has 51 heavy (non-hydrogen) atoms. The molecule has 4 atom stereocenters.